The van der Waals surface area contributed by atoms with E-state index in [0.717, 1.165) is 37.9 Å². The van der Waals surface area contributed by atoms with Crippen molar-refractivity contribution in [3.05, 3.63) is 29.6 Å². The Labute approximate surface area is 108 Å². The van der Waals surface area contributed by atoms with E-state index in [9.17, 15) is 4.79 Å². The lowest BCUT2D eigenvalue weighted by molar-refractivity contribution is -0.120. The molecule has 0 fully saturated rings. The van der Waals surface area contributed by atoms with E-state index in [1.54, 1.807) is 0 Å². The number of carbonyl (C=O) groups is 1. The molecular weight excluding hydrogens is 226 g/mol. The molecule has 1 aliphatic carbocycles. The second-order valence-corrected chi connectivity index (χ2v) is 4.72. The fraction of sp³-hybridized carbons (Fsp3) is 0.571. The van der Waals surface area contributed by atoms with Crippen LogP contribution in [0.3, 0.4) is 0 Å². The molecule has 0 bridgehead atoms. The zero-order valence-corrected chi connectivity index (χ0v) is 10.9. The fourth-order valence-corrected chi connectivity index (χ4v) is 2.35. The van der Waals surface area contributed by atoms with Crippen LogP contribution in [0.4, 0.5) is 0 Å². The molecule has 4 nitrogen and oxygen atoms in total. The summed E-state index contributed by atoms with van der Waals surface area (Å²) in [5, 5.41) is 6.19. The predicted molar refractivity (Wildman–Crippen MR) is 71.2 cm³/mol. The number of nitrogens with zero attached hydrogens (tertiary/aromatic N) is 1. The topological polar surface area (TPSA) is 54.0 Å². The first-order valence-corrected chi connectivity index (χ1v) is 6.75. The Morgan fingerprint density at radius 3 is 3.28 bits per heavy atom. The highest BCUT2D eigenvalue weighted by atomic mass is 16.1. The van der Waals surface area contributed by atoms with Gasteiger partial charge in [0, 0.05) is 12.7 Å². The molecule has 4 heteroatoms. The zero-order chi connectivity index (χ0) is 12.8. The first kappa shape index (κ1) is 13.0. The SMILES string of the molecule is CCCNC(=O)CNC1CCCc2cccnc21. The summed E-state index contributed by atoms with van der Waals surface area (Å²) in [6.45, 7) is 3.18. The minimum absolute atomic E-state index is 0.0694. The lowest BCUT2D eigenvalue weighted by Crippen LogP contribution is -2.37. The highest BCUT2D eigenvalue weighted by Gasteiger charge is 2.21. The largest absolute Gasteiger partial charge is 0.355 e. The summed E-state index contributed by atoms with van der Waals surface area (Å²) in [5.74, 6) is 0.0694. The number of aromatic nitrogens is 1. The van der Waals surface area contributed by atoms with Crippen molar-refractivity contribution < 1.29 is 4.79 Å². The van der Waals surface area contributed by atoms with E-state index < -0.39 is 0 Å². The summed E-state index contributed by atoms with van der Waals surface area (Å²) in [7, 11) is 0. The molecule has 1 amide bonds. The molecule has 98 valence electrons. The summed E-state index contributed by atoms with van der Waals surface area (Å²) in [6, 6.07) is 4.34. The molecule has 1 heterocycles. The van der Waals surface area contributed by atoms with E-state index in [2.05, 4.69) is 28.6 Å². The van der Waals surface area contributed by atoms with Crippen molar-refractivity contribution in [2.24, 2.45) is 0 Å². The highest BCUT2D eigenvalue weighted by molar-refractivity contribution is 5.78. The molecule has 1 aromatic rings. The van der Waals surface area contributed by atoms with Gasteiger partial charge in [-0.05, 0) is 37.3 Å². The lowest BCUT2D eigenvalue weighted by atomic mass is 9.92. The van der Waals surface area contributed by atoms with Gasteiger partial charge in [-0.15, -0.1) is 0 Å². The van der Waals surface area contributed by atoms with E-state index in [4.69, 9.17) is 0 Å². The number of hydrogen-bond acceptors (Lipinski definition) is 3. The number of carbonyl (C=O) groups excluding carboxylic acids is 1. The smallest absolute Gasteiger partial charge is 0.233 e. The van der Waals surface area contributed by atoms with Crippen LogP contribution in [-0.2, 0) is 11.2 Å². The van der Waals surface area contributed by atoms with Crippen LogP contribution in [0.1, 0.15) is 43.5 Å². The molecule has 18 heavy (non-hydrogen) atoms. The van der Waals surface area contributed by atoms with Crippen molar-refractivity contribution >= 4 is 5.91 Å². The van der Waals surface area contributed by atoms with Crippen molar-refractivity contribution in [1.29, 1.82) is 0 Å². The van der Waals surface area contributed by atoms with Gasteiger partial charge in [-0.3, -0.25) is 9.78 Å². The van der Waals surface area contributed by atoms with Gasteiger partial charge >= 0.3 is 0 Å². The van der Waals surface area contributed by atoms with E-state index in [-0.39, 0.29) is 11.9 Å². The molecule has 2 N–H and O–H groups in total. The average molecular weight is 247 g/mol. The van der Waals surface area contributed by atoms with Crippen molar-refractivity contribution in [2.45, 2.75) is 38.6 Å². The maximum absolute atomic E-state index is 11.6. The van der Waals surface area contributed by atoms with Crippen LogP contribution in [-0.4, -0.2) is 24.0 Å². The molecule has 0 saturated heterocycles. The molecule has 0 saturated carbocycles. The monoisotopic (exact) mass is 247 g/mol. The van der Waals surface area contributed by atoms with Gasteiger partial charge in [0.15, 0.2) is 0 Å². The highest BCUT2D eigenvalue weighted by Crippen LogP contribution is 2.27. The number of hydrogen-bond donors (Lipinski definition) is 2. The summed E-state index contributed by atoms with van der Waals surface area (Å²) < 4.78 is 0. The standard InChI is InChI=1S/C14H21N3O/c1-2-8-15-13(18)10-17-12-7-3-5-11-6-4-9-16-14(11)12/h4,6,9,12,17H,2-3,5,7-8,10H2,1H3,(H,15,18). The van der Waals surface area contributed by atoms with Crippen LogP contribution in [0.25, 0.3) is 0 Å². The van der Waals surface area contributed by atoms with Gasteiger partial charge in [-0.25, -0.2) is 0 Å². The van der Waals surface area contributed by atoms with Crippen molar-refractivity contribution in [2.75, 3.05) is 13.1 Å². The Kier molecular flexibility index (Phi) is 4.70. The maximum Gasteiger partial charge on any atom is 0.233 e. The van der Waals surface area contributed by atoms with E-state index in [1.807, 2.05) is 12.3 Å². The van der Waals surface area contributed by atoms with Crippen LogP contribution in [0.5, 0.6) is 0 Å². The van der Waals surface area contributed by atoms with Crippen molar-refractivity contribution in [3.8, 4) is 0 Å². The summed E-state index contributed by atoms with van der Waals surface area (Å²) in [6.07, 6.45) is 6.12. The van der Waals surface area contributed by atoms with Gasteiger partial charge in [0.1, 0.15) is 0 Å². The molecule has 0 aliphatic heterocycles. The van der Waals surface area contributed by atoms with Crippen molar-refractivity contribution in [3.63, 3.8) is 0 Å². The molecule has 1 aliphatic rings. The molecular formula is C14H21N3O. The normalized spacial score (nSPS) is 18.2. The van der Waals surface area contributed by atoms with Crippen LogP contribution >= 0.6 is 0 Å². The van der Waals surface area contributed by atoms with Gasteiger partial charge in [0.25, 0.3) is 0 Å². The Morgan fingerprint density at radius 2 is 2.44 bits per heavy atom. The Morgan fingerprint density at radius 1 is 1.56 bits per heavy atom. The molecule has 2 rings (SSSR count). The minimum Gasteiger partial charge on any atom is -0.355 e. The van der Waals surface area contributed by atoms with Crippen LogP contribution < -0.4 is 10.6 Å². The average Bonchev–Trinajstić information content (AvgIpc) is 2.42. The third kappa shape index (κ3) is 3.29. The Bertz CT molecular complexity index is 406. The maximum atomic E-state index is 11.6. The molecule has 0 aromatic carbocycles. The van der Waals surface area contributed by atoms with Gasteiger partial charge in [-0.1, -0.05) is 13.0 Å². The number of rotatable bonds is 5. The minimum atomic E-state index is 0.0694. The predicted octanol–water partition coefficient (Wildman–Crippen LogP) is 1.57. The molecule has 1 unspecified atom stereocenters. The number of pyridine rings is 1. The Balaban J connectivity index is 1.89. The number of fused-ring (bicyclic) bond motifs is 1. The summed E-state index contributed by atoms with van der Waals surface area (Å²) in [4.78, 5) is 16.0. The summed E-state index contributed by atoms with van der Waals surface area (Å²) >= 11 is 0. The van der Waals surface area contributed by atoms with Gasteiger partial charge < -0.3 is 10.6 Å². The van der Waals surface area contributed by atoms with Crippen molar-refractivity contribution in [1.82, 2.24) is 15.6 Å². The second-order valence-electron chi connectivity index (χ2n) is 4.72. The van der Waals surface area contributed by atoms with Crippen LogP contribution in [0.15, 0.2) is 18.3 Å². The van der Waals surface area contributed by atoms with Gasteiger partial charge in [-0.2, -0.15) is 0 Å². The molecule has 0 radical (unpaired) electrons. The zero-order valence-electron chi connectivity index (χ0n) is 10.9. The number of nitrogens with one attached hydrogen (secondary N) is 2. The second kappa shape index (κ2) is 6.50. The first-order chi connectivity index (χ1) is 8.81. The Hall–Kier alpha value is -1.42. The molecule has 0 spiro atoms. The molecule has 1 atom stereocenters. The number of aryl methyl sites for hydroxylation is 1. The van der Waals surface area contributed by atoms with Gasteiger partial charge in [0.05, 0.1) is 18.3 Å². The van der Waals surface area contributed by atoms with E-state index in [1.165, 1.54) is 5.56 Å². The molecule has 1 aromatic heterocycles. The third-order valence-corrected chi connectivity index (χ3v) is 3.28. The summed E-state index contributed by atoms with van der Waals surface area (Å²) in [5.41, 5.74) is 2.43. The van der Waals surface area contributed by atoms with Crippen LogP contribution in [0, 0.1) is 0 Å². The lowest BCUT2D eigenvalue weighted by Gasteiger charge is -2.24. The quantitative estimate of drug-likeness (QED) is 0.830. The van der Waals surface area contributed by atoms with E-state index >= 15 is 0 Å². The van der Waals surface area contributed by atoms with Gasteiger partial charge in [0.2, 0.25) is 5.91 Å². The van der Waals surface area contributed by atoms with E-state index in [0.29, 0.717) is 6.54 Å². The van der Waals surface area contributed by atoms with Crippen LogP contribution in [0.2, 0.25) is 0 Å². The number of amides is 1. The first-order valence-electron chi connectivity index (χ1n) is 6.75. The fourth-order valence-electron chi connectivity index (χ4n) is 2.35. The third-order valence-electron chi connectivity index (χ3n) is 3.28.